The molecular weight excluding hydrogens is 132 g/mol. The van der Waals surface area contributed by atoms with Gasteiger partial charge in [0.2, 0.25) is 0 Å². The van der Waals surface area contributed by atoms with Crippen molar-refractivity contribution in [1.29, 1.82) is 0 Å². The van der Waals surface area contributed by atoms with E-state index in [4.69, 9.17) is 9.26 Å². The average molecular weight is 142 g/mol. The van der Waals surface area contributed by atoms with Gasteiger partial charge in [0.1, 0.15) is 6.61 Å². The van der Waals surface area contributed by atoms with Crippen molar-refractivity contribution in [3.63, 3.8) is 0 Å². The summed E-state index contributed by atoms with van der Waals surface area (Å²) in [6.07, 6.45) is 0. The lowest BCUT2D eigenvalue weighted by Gasteiger charge is -1.91. The first-order valence-corrected chi connectivity index (χ1v) is 3.20. The molecule has 0 N–H and O–H groups in total. The summed E-state index contributed by atoms with van der Waals surface area (Å²) in [4.78, 5) is 3.95. The third-order valence-electron chi connectivity index (χ3n) is 0.999. The minimum Gasteiger partial charge on any atom is -0.372 e. The largest absolute Gasteiger partial charge is 0.372 e. The molecule has 4 nitrogen and oxygen atoms in total. The number of ether oxygens (including phenoxy) is 1. The second-order valence-electron chi connectivity index (χ2n) is 1.87. The summed E-state index contributed by atoms with van der Waals surface area (Å²) in [5.74, 6) is 1.19. The third kappa shape index (κ3) is 1.80. The Morgan fingerprint density at radius 3 is 2.90 bits per heavy atom. The first kappa shape index (κ1) is 7.21. The molecular formula is C6H10N2O2. The molecule has 0 spiro atoms. The van der Waals surface area contributed by atoms with Crippen LogP contribution in [0.5, 0.6) is 0 Å². The van der Waals surface area contributed by atoms with Crippen molar-refractivity contribution in [3.8, 4) is 0 Å². The second-order valence-corrected chi connectivity index (χ2v) is 1.87. The van der Waals surface area contributed by atoms with Gasteiger partial charge in [-0.2, -0.15) is 4.98 Å². The van der Waals surface area contributed by atoms with Crippen molar-refractivity contribution >= 4 is 0 Å². The van der Waals surface area contributed by atoms with Crippen molar-refractivity contribution in [2.45, 2.75) is 20.5 Å². The van der Waals surface area contributed by atoms with E-state index in [0.717, 1.165) is 0 Å². The Morgan fingerprint density at radius 1 is 1.60 bits per heavy atom. The van der Waals surface area contributed by atoms with E-state index >= 15 is 0 Å². The van der Waals surface area contributed by atoms with Gasteiger partial charge in [0.05, 0.1) is 0 Å². The van der Waals surface area contributed by atoms with Gasteiger partial charge < -0.3 is 9.26 Å². The summed E-state index contributed by atoms with van der Waals surface area (Å²) >= 11 is 0. The zero-order chi connectivity index (χ0) is 7.40. The zero-order valence-corrected chi connectivity index (χ0v) is 6.13. The summed E-state index contributed by atoms with van der Waals surface area (Å²) in [5.41, 5.74) is 0. The highest BCUT2D eigenvalue weighted by atomic mass is 16.5. The zero-order valence-electron chi connectivity index (χ0n) is 6.13. The van der Waals surface area contributed by atoms with Gasteiger partial charge in [-0.05, 0) is 13.8 Å². The smallest absolute Gasteiger partial charge is 0.252 e. The lowest BCUT2D eigenvalue weighted by atomic mass is 10.6. The Kier molecular flexibility index (Phi) is 2.39. The van der Waals surface area contributed by atoms with Gasteiger partial charge in [-0.15, -0.1) is 0 Å². The summed E-state index contributed by atoms with van der Waals surface area (Å²) in [7, 11) is 0. The fourth-order valence-electron chi connectivity index (χ4n) is 0.588. The lowest BCUT2D eigenvalue weighted by Crippen LogP contribution is -1.91. The van der Waals surface area contributed by atoms with Crippen LogP contribution in [0.3, 0.4) is 0 Å². The van der Waals surface area contributed by atoms with Crippen LogP contribution in [0.2, 0.25) is 0 Å². The van der Waals surface area contributed by atoms with Crippen molar-refractivity contribution in [2.24, 2.45) is 0 Å². The maximum Gasteiger partial charge on any atom is 0.252 e. The molecule has 0 aromatic carbocycles. The summed E-state index contributed by atoms with van der Waals surface area (Å²) in [6.45, 7) is 4.78. The van der Waals surface area contributed by atoms with Gasteiger partial charge in [-0.1, -0.05) is 5.16 Å². The molecule has 0 saturated heterocycles. The van der Waals surface area contributed by atoms with E-state index in [1.54, 1.807) is 6.92 Å². The van der Waals surface area contributed by atoms with Gasteiger partial charge >= 0.3 is 0 Å². The molecule has 0 saturated carbocycles. The number of aryl methyl sites for hydroxylation is 1. The van der Waals surface area contributed by atoms with Crippen LogP contribution in [-0.4, -0.2) is 16.7 Å². The van der Waals surface area contributed by atoms with Crippen LogP contribution in [0.4, 0.5) is 0 Å². The summed E-state index contributed by atoms with van der Waals surface area (Å²) in [6, 6.07) is 0. The molecule has 4 heteroatoms. The fourth-order valence-corrected chi connectivity index (χ4v) is 0.588. The standard InChI is InChI=1S/C6H10N2O2/c1-3-9-4-6-7-5(2)8-10-6/h3-4H2,1-2H3. The molecule has 0 aliphatic carbocycles. The van der Waals surface area contributed by atoms with Gasteiger partial charge in [0, 0.05) is 6.61 Å². The number of rotatable bonds is 3. The first-order chi connectivity index (χ1) is 4.83. The topological polar surface area (TPSA) is 48.2 Å². The molecule has 0 fully saturated rings. The van der Waals surface area contributed by atoms with E-state index in [2.05, 4.69) is 10.1 Å². The fraction of sp³-hybridized carbons (Fsp3) is 0.667. The molecule has 1 heterocycles. The van der Waals surface area contributed by atoms with Crippen molar-refractivity contribution in [2.75, 3.05) is 6.61 Å². The van der Waals surface area contributed by atoms with Crippen LogP contribution in [0.15, 0.2) is 4.52 Å². The number of nitrogens with zero attached hydrogens (tertiary/aromatic N) is 2. The predicted octanol–water partition coefficient (Wildman–Crippen LogP) is 0.915. The van der Waals surface area contributed by atoms with Crippen LogP contribution in [-0.2, 0) is 11.3 Å². The Labute approximate surface area is 59.2 Å². The Bertz CT molecular complexity index is 197. The van der Waals surface area contributed by atoms with E-state index in [0.29, 0.717) is 24.9 Å². The molecule has 1 aromatic heterocycles. The van der Waals surface area contributed by atoms with Crippen molar-refractivity contribution < 1.29 is 9.26 Å². The molecule has 0 atom stereocenters. The summed E-state index contributed by atoms with van der Waals surface area (Å²) < 4.78 is 9.82. The number of aromatic nitrogens is 2. The highest BCUT2D eigenvalue weighted by Crippen LogP contribution is 1.96. The molecule has 0 aliphatic rings. The maximum absolute atomic E-state index is 5.04. The molecule has 0 radical (unpaired) electrons. The van der Waals surface area contributed by atoms with Gasteiger partial charge in [-0.25, -0.2) is 0 Å². The van der Waals surface area contributed by atoms with Crippen LogP contribution >= 0.6 is 0 Å². The molecule has 1 rings (SSSR count). The number of hydrogen-bond acceptors (Lipinski definition) is 4. The van der Waals surface area contributed by atoms with Gasteiger partial charge in [-0.3, -0.25) is 0 Å². The van der Waals surface area contributed by atoms with Crippen LogP contribution < -0.4 is 0 Å². The first-order valence-electron chi connectivity index (χ1n) is 3.20. The molecule has 0 aliphatic heterocycles. The van der Waals surface area contributed by atoms with E-state index < -0.39 is 0 Å². The quantitative estimate of drug-likeness (QED) is 0.629. The normalized spacial score (nSPS) is 10.2. The van der Waals surface area contributed by atoms with E-state index in [1.807, 2.05) is 6.92 Å². The highest BCUT2D eigenvalue weighted by Gasteiger charge is 1.99. The van der Waals surface area contributed by atoms with Crippen molar-refractivity contribution in [1.82, 2.24) is 10.1 Å². The average Bonchev–Trinajstić information content (AvgIpc) is 2.31. The molecule has 0 unspecified atom stereocenters. The maximum atomic E-state index is 5.04. The summed E-state index contributed by atoms with van der Waals surface area (Å²) in [5, 5.41) is 3.60. The van der Waals surface area contributed by atoms with Gasteiger partial charge in [0.15, 0.2) is 5.82 Å². The monoisotopic (exact) mass is 142 g/mol. The highest BCUT2D eigenvalue weighted by molar-refractivity contribution is 4.79. The number of hydrogen-bond donors (Lipinski definition) is 0. The van der Waals surface area contributed by atoms with E-state index in [-0.39, 0.29) is 0 Å². The van der Waals surface area contributed by atoms with Crippen LogP contribution in [0.1, 0.15) is 18.6 Å². The Morgan fingerprint density at radius 2 is 2.40 bits per heavy atom. The molecule has 56 valence electrons. The third-order valence-corrected chi connectivity index (χ3v) is 0.999. The SMILES string of the molecule is CCOCc1nc(C)no1. The minimum atomic E-state index is 0.414. The lowest BCUT2D eigenvalue weighted by molar-refractivity contribution is 0.109. The Balaban J connectivity index is 2.42. The Hall–Kier alpha value is -0.900. The van der Waals surface area contributed by atoms with E-state index in [1.165, 1.54) is 0 Å². The van der Waals surface area contributed by atoms with Crippen molar-refractivity contribution in [3.05, 3.63) is 11.7 Å². The molecule has 10 heavy (non-hydrogen) atoms. The molecule has 0 amide bonds. The molecule has 1 aromatic rings. The van der Waals surface area contributed by atoms with Crippen LogP contribution in [0.25, 0.3) is 0 Å². The molecule has 0 bridgehead atoms. The van der Waals surface area contributed by atoms with Crippen LogP contribution in [0, 0.1) is 6.92 Å². The van der Waals surface area contributed by atoms with E-state index in [9.17, 15) is 0 Å². The minimum absolute atomic E-state index is 0.414. The van der Waals surface area contributed by atoms with Gasteiger partial charge in [0.25, 0.3) is 5.89 Å². The second kappa shape index (κ2) is 3.31. The predicted molar refractivity (Wildman–Crippen MR) is 34.4 cm³/mol.